The van der Waals surface area contributed by atoms with E-state index in [4.69, 9.17) is 28.4 Å². The Morgan fingerprint density at radius 1 is 0.651 bits per heavy atom. The minimum atomic E-state index is -1.45. The van der Waals surface area contributed by atoms with Crippen LogP contribution in [0.2, 0.25) is 0 Å². The van der Waals surface area contributed by atoms with E-state index in [2.05, 4.69) is 63.1 Å². The lowest BCUT2D eigenvalue weighted by atomic mass is 9.93. The first kappa shape index (κ1) is 65.9. The number of fused-ring (bicyclic) bond motifs is 5. The number of aryl methyl sites for hydroxylation is 1. The molecule has 1 aliphatic rings. The van der Waals surface area contributed by atoms with Gasteiger partial charge in [-0.2, -0.15) is 0 Å². The molecule has 4 aromatic carbocycles. The quantitative estimate of drug-likeness (QED) is 0.0318. The summed E-state index contributed by atoms with van der Waals surface area (Å²) in [6.07, 6.45) is 1.79. The van der Waals surface area contributed by atoms with E-state index in [0.29, 0.717) is 29.0 Å². The molecular formula is C63H87N7O13. The molecule has 0 radical (unpaired) electrons. The van der Waals surface area contributed by atoms with Gasteiger partial charge >= 0.3 is 18.3 Å². The average molecular weight is 1150 g/mol. The van der Waals surface area contributed by atoms with E-state index in [0.717, 1.165) is 36.0 Å². The highest BCUT2D eigenvalue weighted by atomic mass is 16.6. The van der Waals surface area contributed by atoms with Crippen LogP contribution in [0.25, 0.3) is 22.3 Å². The Morgan fingerprint density at radius 3 is 1.70 bits per heavy atom. The highest BCUT2D eigenvalue weighted by Gasteiger charge is 2.36. The van der Waals surface area contributed by atoms with Crippen molar-refractivity contribution in [1.82, 2.24) is 36.8 Å². The van der Waals surface area contributed by atoms with Gasteiger partial charge in [-0.05, 0) is 166 Å². The van der Waals surface area contributed by atoms with E-state index in [1.54, 1.807) is 98.7 Å². The number of likely N-dealkylation sites (N-methyl/N-ethyl adjacent to an activating group) is 1. The number of ether oxygens (including phenoxy) is 6. The van der Waals surface area contributed by atoms with Crippen molar-refractivity contribution in [2.75, 3.05) is 53.6 Å². The third kappa shape index (κ3) is 21.8. The van der Waals surface area contributed by atoms with Crippen LogP contribution in [0.15, 0.2) is 84.9 Å². The first-order valence-electron chi connectivity index (χ1n) is 28.4. The number of hydrogen-bond donors (Lipinski definition) is 6. The van der Waals surface area contributed by atoms with Gasteiger partial charge in [0.05, 0.1) is 25.7 Å². The van der Waals surface area contributed by atoms with Gasteiger partial charge in [-0.15, -0.1) is 0 Å². The van der Waals surface area contributed by atoms with Crippen molar-refractivity contribution in [2.45, 2.75) is 156 Å². The SMILES string of the molecule is CCCCc1ccc(-c2ccc(C(=O)N[C@@H](CCCNC(=O)OC(C)(C)C)C(=O)N(C)[C@@H]3C(=O)N[C@@H](C)C(=O)N[C@H](COC)Cc4ccc(OCCNC(=O)OC(C)(C)C)c(c4)-c4cc3ccc4OCCNC(=O)OC(C)(C)C)cc2)cc1. The second-order valence-electron chi connectivity index (χ2n) is 23.6. The Morgan fingerprint density at radius 2 is 1.17 bits per heavy atom. The van der Waals surface area contributed by atoms with Gasteiger partial charge < -0.3 is 65.2 Å². The molecule has 83 heavy (non-hydrogen) atoms. The van der Waals surface area contributed by atoms with Crippen LogP contribution >= 0.6 is 0 Å². The molecule has 0 aromatic heterocycles. The van der Waals surface area contributed by atoms with Crippen molar-refractivity contribution in [3.8, 4) is 33.8 Å². The summed E-state index contributed by atoms with van der Waals surface area (Å²) in [7, 11) is 2.95. The Balaban J connectivity index is 1.59. The van der Waals surface area contributed by atoms with Crippen molar-refractivity contribution < 1.29 is 62.0 Å². The van der Waals surface area contributed by atoms with Crippen LogP contribution in [-0.2, 0) is 46.2 Å². The molecule has 1 heterocycles. The predicted molar refractivity (Wildman–Crippen MR) is 317 cm³/mol. The molecule has 4 atom stereocenters. The lowest BCUT2D eigenvalue weighted by molar-refractivity contribution is -0.141. The fourth-order valence-electron chi connectivity index (χ4n) is 8.96. The van der Waals surface area contributed by atoms with Gasteiger partial charge in [0.2, 0.25) is 17.7 Å². The molecule has 4 aromatic rings. The third-order valence-electron chi connectivity index (χ3n) is 12.8. The molecule has 20 nitrogen and oxygen atoms in total. The zero-order valence-corrected chi connectivity index (χ0v) is 50.6. The van der Waals surface area contributed by atoms with E-state index in [9.17, 15) is 24.0 Å². The maximum Gasteiger partial charge on any atom is 0.407 e. The summed E-state index contributed by atoms with van der Waals surface area (Å²) >= 11 is 0. The van der Waals surface area contributed by atoms with Crippen molar-refractivity contribution in [3.05, 3.63) is 107 Å². The standard InChI is InChI=1S/C63H87N7O13/c1-14-15-17-41-19-22-43(23-20-41)44-24-26-45(27-25-44)55(72)69-50(18-16-31-64-58(75)81-61(3,4)5)57(74)70(12)53-46-28-30-52(80-35-33-66-60(77)83-63(9,10)11)49(38-46)48-37-42(36-47(39-78-13)68-54(71)40(2)67-56(53)73)21-29-51(48)79-34-32-65-59(76)82-62(6,7)8/h19-30,37-38,40,47,50,53H,14-18,31-36,39H2,1-13H3,(H,64,75)(H,65,76)(H,66,77)(H,67,73)(H,68,71)(H,69,72)/t40-,47-,50-,53-/m0/s1. The molecule has 0 fully saturated rings. The smallest absolute Gasteiger partial charge is 0.407 e. The van der Waals surface area contributed by atoms with Crippen LogP contribution < -0.4 is 41.4 Å². The number of benzene rings is 4. The summed E-state index contributed by atoms with van der Waals surface area (Å²) in [5.74, 6) is -1.79. The lowest BCUT2D eigenvalue weighted by Crippen LogP contribution is -2.54. The Labute approximate surface area is 489 Å². The van der Waals surface area contributed by atoms with Crippen LogP contribution in [0.3, 0.4) is 0 Å². The minimum absolute atomic E-state index is 0.00131. The number of alkyl carbamates (subject to hydrolysis) is 3. The maximum absolute atomic E-state index is 15.3. The summed E-state index contributed by atoms with van der Waals surface area (Å²) in [5, 5.41) is 16.9. The number of carbonyl (C=O) groups excluding carboxylic acids is 7. The number of nitrogens with one attached hydrogen (secondary N) is 6. The molecular weight excluding hydrogens is 1060 g/mol. The third-order valence-corrected chi connectivity index (χ3v) is 12.8. The Hall–Kier alpha value is -7.87. The number of methoxy groups -OCH3 is 1. The van der Waals surface area contributed by atoms with E-state index in [-0.39, 0.29) is 63.4 Å². The van der Waals surface area contributed by atoms with Crippen molar-refractivity contribution >= 4 is 41.9 Å². The molecule has 0 aliphatic carbocycles. The molecule has 0 saturated carbocycles. The zero-order valence-electron chi connectivity index (χ0n) is 50.6. The highest BCUT2D eigenvalue weighted by molar-refractivity contribution is 5.99. The summed E-state index contributed by atoms with van der Waals surface area (Å²) < 4.78 is 34.6. The van der Waals surface area contributed by atoms with Gasteiger partial charge in [-0.25, -0.2) is 14.4 Å². The van der Waals surface area contributed by atoms with Gasteiger partial charge in [0.15, 0.2) is 0 Å². The molecule has 1 aliphatic heterocycles. The highest BCUT2D eigenvalue weighted by Crippen LogP contribution is 2.40. The summed E-state index contributed by atoms with van der Waals surface area (Å²) in [5.41, 5.74) is 3.12. The fraction of sp³-hybridized carbons (Fsp3) is 0.508. The molecule has 452 valence electrons. The van der Waals surface area contributed by atoms with Gasteiger partial charge in [-0.1, -0.05) is 61.9 Å². The lowest BCUT2D eigenvalue weighted by Gasteiger charge is -2.33. The van der Waals surface area contributed by atoms with Crippen LogP contribution in [0.4, 0.5) is 14.4 Å². The summed E-state index contributed by atoms with van der Waals surface area (Å²) in [6, 6.07) is 21.4. The number of nitrogens with zero attached hydrogens (tertiary/aromatic N) is 1. The molecule has 20 heteroatoms. The van der Waals surface area contributed by atoms with Crippen LogP contribution in [0.5, 0.6) is 11.5 Å². The fourth-order valence-corrected chi connectivity index (χ4v) is 8.96. The van der Waals surface area contributed by atoms with Crippen LogP contribution in [-0.4, -0.2) is 135 Å². The minimum Gasteiger partial charge on any atom is -0.491 e. The summed E-state index contributed by atoms with van der Waals surface area (Å²) in [6.45, 7) is 19.7. The number of unbranched alkanes of at least 4 members (excludes halogenated alkanes) is 1. The predicted octanol–water partition coefficient (Wildman–Crippen LogP) is 8.97. The van der Waals surface area contributed by atoms with Crippen LogP contribution in [0.1, 0.15) is 135 Å². The molecule has 7 amide bonds. The zero-order chi connectivity index (χ0) is 61.1. The van der Waals surface area contributed by atoms with Gasteiger partial charge in [0.1, 0.15) is 59.6 Å². The molecule has 4 bridgehead atoms. The van der Waals surface area contributed by atoms with Crippen molar-refractivity contribution in [3.63, 3.8) is 0 Å². The van der Waals surface area contributed by atoms with E-state index in [1.165, 1.54) is 31.5 Å². The monoisotopic (exact) mass is 1150 g/mol. The molecule has 6 N–H and O–H groups in total. The van der Waals surface area contributed by atoms with Crippen molar-refractivity contribution in [2.24, 2.45) is 0 Å². The van der Waals surface area contributed by atoms with Crippen molar-refractivity contribution in [1.29, 1.82) is 0 Å². The van der Waals surface area contributed by atoms with Gasteiger partial charge in [0.25, 0.3) is 5.91 Å². The van der Waals surface area contributed by atoms with Gasteiger partial charge in [0, 0.05) is 37.4 Å². The summed E-state index contributed by atoms with van der Waals surface area (Å²) in [4.78, 5) is 97.7. The Kier molecular flexibility index (Phi) is 24.2. The second kappa shape index (κ2) is 30.4. The number of carbonyl (C=O) groups is 7. The van der Waals surface area contributed by atoms with Gasteiger partial charge in [-0.3, -0.25) is 19.2 Å². The first-order chi connectivity index (χ1) is 39.1. The van der Waals surface area contributed by atoms with Crippen LogP contribution in [0, 0.1) is 0 Å². The number of amides is 7. The normalized spacial score (nSPS) is 15.9. The Bertz CT molecular complexity index is 2840. The number of rotatable bonds is 22. The topological polar surface area (TPSA) is 250 Å². The first-order valence-corrected chi connectivity index (χ1v) is 28.4. The van der Waals surface area contributed by atoms with E-state index in [1.807, 2.05) is 24.3 Å². The molecule has 0 unspecified atom stereocenters. The second-order valence-corrected chi connectivity index (χ2v) is 23.6. The van der Waals surface area contributed by atoms with E-state index < -0.39 is 82.9 Å². The molecule has 5 rings (SSSR count). The van der Waals surface area contributed by atoms with E-state index >= 15 is 9.59 Å². The average Bonchev–Trinajstić information content (AvgIpc) is 3.59. The molecule has 0 spiro atoms. The number of hydrogen-bond acceptors (Lipinski definition) is 13. The maximum atomic E-state index is 15.3. The molecule has 0 saturated heterocycles. The largest absolute Gasteiger partial charge is 0.491 e.